The van der Waals surface area contributed by atoms with Crippen LogP contribution in [0.15, 0.2) is 34.9 Å². The number of anilines is 1. The van der Waals surface area contributed by atoms with E-state index in [9.17, 15) is 9.59 Å². The molecule has 0 spiro atoms. The SMILES string of the molecule is CCCCCc1ccc(C(=O)N(CCCCC)CC(=O)Nc2cc(C)on2)cc1. The van der Waals surface area contributed by atoms with Gasteiger partial charge >= 0.3 is 0 Å². The summed E-state index contributed by atoms with van der Waals surface area (Å²) in [5, 5.41) is 6.46. The zero-order valence-electron chi connectivity index (χ0n) is 17.9. The lowest BCUT2D eigenvalue weighted by Gasteiger charge is -2.22. The third-order valence-corrected chi connectivity index (χ3v) is 4.82. The maximum Gasteiger partial charge on any atom is 0.254 e. The van der Waals surface area contributed by atoms with E-state index < -0.39 is 0 Å². The van der Waals surface area contributed by atoms with Crippen molar-refractivity contribution >= 4 is 17.6 Å². The van der Waals surface area contributed by atoms with Gasteiger partial charge in [0, 0.05) is 18.2 Å². The minimum atomic E-state index is -0.278. The number of benzene rings is 1. The van der Waals surface area contributed by atoms with Crippen LogP contribution < -0.4 is 5.32 Å². The topological polar surface area (TPSA) is 75.4 Å². The van der Waals surface area contributed by atoms with E-state index in [1.165, 1.54) is 18.4 Å². The lowest BCUT2D eigenvalue weighted by atomic mass is 10.0. The predicted octanol–water partition coefficient (Wildman–Crippen LogP) is 4.99. The fraction of sp³-hybridized carbons (Fsp3) is 0.522. The first-order chi connectivity index (χ1) is 14.0. The second-order valence-electron chi connectivity index (χ2n) is 7.46. The Labute approximate surface area is 173 Å². The van der Waals surface area contributed by atoms with Crippen LogP contribution in [0.1, 0.15) is 74.1 Å². The Balaban J connectivity index is 2.01. The van der Waals surface area contributed by atoms with Crippen molar-refractivity contribution in [1.29, 1.82) is 0 Å². The number of carbonyl (C=O) groups is 2. The second-order valence-corrected chi connectivity index (χ2v) is 7.46. The summed E-state index contributed by atoms with van der Waals surface area (Å²) in [4.78, 5) is 27.0. The second kappa shape index (κ2) is 12.0. The number of nitrogens with one attached hydrogen (secondary N) is 1. The third-order valence-electron chi connectivity index (χ3n) is 4.82. The number of aryl methyl sites for hydroxylation is 2. The van der Waals surface area contributed by atoms with Gasteiger partial charge in [-0.1, -0.05) is 56.8 Å². The van der Waals surface area contributed by atoms with E-state index in [2.05, 4.69) is 24.3 Å². The molecule has 0 saturated heterocycles. The molecule has 1 heterocycles. The summed E-state index contributed by atoms with van der Waals surface area (Å²) in [6, 6.07) is 9.43. The van der Waals surface area contributed by atoms with E-state index in [1.54, 1.807) is 17.9 Å². The lowest BCUT2D eigenvalue weighted by molar-refractivity contribution is -0.117. The maximum atomic E-state index is 13.0. The molecule has 0 unspecified atom stereocenters. The molecule has 0 aliphatic heterocycles. The molecular formula is C23H33N3O3. The molecule has 0 atom stereocenters. The molecule has 29 heavy (non-hydrogen) atoms. The predicted molar refractivity (Wildman–Crippen MR) is 115 cm³/mol. The summed E-state index contributed by atoms with van der Waals surface area (Å²) in [6.07, 6.45) is 7.54. The average Bonchev–Trinajstić information content (AvgIpc) is 3.12. The highest BCUT2D eigenvalue weighted by Crippen LogP contribution is 2.13. The molecule has 2 amide bonds. The number of rotatable bonds is 12. The Hall–Kier alpha value is -2.63. The standard InChI is InChI=1S/C23H33N3O3/c1-4-6-8-10-19-11-13-20(14-12-19)23(28)26(15-9-7-5-2)17-22(27)24-21-16-18(3)29-25-21/h11-14,16H,4-10,15,17H2,1-3H3,(H,24,25,27). The van der Waals surface area contributed by atoms with Crippen molar-refractivity contribution in [2.24, 2.45) is 0 Å². The quantitative estimate of drug-likeness (QED) is 0.510. The van der Waals surface area contributed by atoms with E-state index in [0.717, 1.165) is 32.1 Å². The molecule has 6 heteroatoms. The Morgan fingerprint density at radius 2 is 1.72 bits per heavy atom. The van der Waals surface area contributed by atoms with Gasteiger partial charge in [-0.05, 0) is 43.9 Å². The highest BCUT2D eigenvalue weighted by molar-refractivity contribution is 5.99. The number of nitrogens with zero attached hydrogens (tertiary/aromatic N) is 2. The van der Waals surface area contributed by atoms with Crippen LogP contribution in [-0.2, 0) is 11.2 Å². The first-order valence-corrected chi connectivity index (χ1v) is 10.6. The number of carbonyl (C=O) groups excluding carboxylic acids is 2. The van der Waals surface area contributed by atoms with Crippen LogP contribution in [0.25, 0.3) is 0 Å². The van der Waals surface area contributed by atoms with Crippen molar-refractivity contribution in [2.45, 2.75) is 65.7 Å². The molecule has 0 bridgehead atoms. The van der Waals surface area contributed by atoms with Gasteiger partial charge in [0.05, 0.1) is 0 Å². The van der Waals surface area contributed by atoms with Crippen LogP contribution in [0.5, 0.6) is 0 Å². The van der Waals surface area contributed by atoms with E-state index in [1.807, 2.05) is 24.3 Å². The number of hydrogen-bond acceptors (Lipinski definition) is 4. The maximum absolute atomic E-state index is 13.0. The highest BCUT2D eigenvalue weighted by Gasteiger charge is 2.19. The largest absolute Gasteiger partial charge is 0.360 e. The minimum Gasteiger partial charge on any atom is -0.360 e. The van der Waals surface area contributed by atoms with Crippen molar-refractivity contribution < 1.29 is 14.1 Å². The van der Waals surface area contributed by atoms with Gasteiger partial charge in [0.15, 0.2) is 5.82 Å². The van der Waals surface area contributed by atoms with Crippen molar-refractivity contribution in [2.75, 3.05) is 18.4 Å². The molecule has 0 radical (unpaired) electrons. The summed E-state index contributed by atoms with van der Waals surface area (Å²) in [5.41, 5.74) is 1.86. The molecule has 0 aliphatic carbocycles. The number of amides is 2. The van der Waals surface area contributed by atoms with Gasteiger partial charge < -0.3 is 14.7 Å². The molecule has 1 aromatic heterocycles. The lowest BCUT2D eigenvalue weighted by Crippen LogP contribution is -2.38. The van der Waals surface area contributed by atoms with Crippen LogP contribution in [0.2, 0.25) is 0 Å². The fourth-order valence-electron chi connectivity index (χ4n) is 3.16. The van der Waals surface area contributed by atoms with Gasteiger partial charge in [-0.2, -0.15) is 0 Å². The van der Waals surface area contributed by atoms with Crippen molar-refractivity contribution in [3.8, 4) is 0 Å². The molecule has 0 fully saturated rings. The first-order valence-electron chi connectivity index (χ1n) is 10.6. The Bertz CT molecular complexity index is 768. The van der Waals surface area contributed by atoms with Gasteiger partial charge in [0.1, 0.15) is 12.3 Å². The van der Waals surface area contributed by atoms with Crippen LogP contribution in [0.3, 0.4) is 0 Å². The fourth-order valence-corrected chi connectivity index (χ4v) is 3.16. The minimum absolute atomic E-state index is 0.00724. The van der Waals surface area contributed by atoms with E-state index in [0.29, 0.717) is 23.7 Å². The first kappa shape index (κ1) is 22.7. The van der Waals surface area contributed by atoms with Crippen molar-refractivity contribution in [3.63, 3.8) is 0 Å². The molecule has 6 nitrogen and oxygen atoms in total. The smallest absolute Gasteiger partial charge is 0.254 e. The Morgan fingerprint density at radius 1 is 1.03 bits per heavy atom. The number of hydrogen-bond donors (Lipinski definition) is 1. The number of unbranched alkanes of at least 4 members (excludes halogenated alkanes) is 4. The molecule has 0 saturated carbocycles. The zero-order valence-corrected chi connectivity index (χ0v) is 17.9. The summed E-state index contributed by atoms with van der Waals surface area (Å²) >= 11 is 0. The normalized spacial score (nSPS) is 10.7. The highest BCUT2D eigenvalue weighted by atomic mass is 16.5. The van der Waals surface area contributed by atoms with E-state index >= 15 is 0 Å². The summed E-state index contributed by atoms with van der Waals surface area (Å²) in [7, 11) is 0. The average molecular weight is 400 g/mol. The van der Waals surface area contributed by atoms with Crippen LogP contribution in [-0.4, -0.2) is 35.0 Å². The molecule has 158 valence electrons. The van der Waals surface area contributed by atoms with Crippen LogP contribution >= 0.6 is 0 Å². The van der Waals surface area contributed by atoms with Crippen molar-refractivity contribution in [3.05, 3.63) is 47.2 Å². The zero-order chi connectivity index (χ0) is 21.1. The molecule has 0 aliphatic rings. The van der Waals surface area contributed by atoms with E-state index in [-0.39, 0.29) is 18.4 Å². The van der Waals surface area contributed by atoms with E-state index in [4.69, 9.17) is 4.52 Å². The van der Waals surface area contributed by atoms with Crippen molar-refractivity contribution in [1.82, 2.24) is 10.1 Å². The molecule has 2 rings (SSSR count). The summed E-state index contributed by atoms with van der Waals surface area (Å²) < 4.78 is 4.97. The monoisotopic (exact) mass is 399 g/mol. The molecule has 2 aromatic rings. The Morgan fingerprint density at radius 3 is 2.34 bits per heavy atom. The number of aromatic nitrogens is 1. The van der Waals surface area contributed by atoms with Crippen LogP contribution in [0.4, 0.5) is 5.82 Å². The summed E-state index contributed by atoms with van der Waals surface area (Å²) in [5.74, 6) is 0.590. The summed E-state index contributed by atoms with van der Waals surface area (Å²) in [6.45, 7) is 6.61. The van der Waals surface area contributed by atoms with Gasteiger partial charge in [-0.3, -0.25) is 9.59 Å². The molecule has 1 N–H and O–H groups in total. The van der Waals surface area contributed by atoms with Gasteiger partial charge in [-0.25, -0.2) is 0 Å². The molecule has 1 aromatic carbocycles. The van der Waals surface area contributed by atoms with Gasteiger partial charge in [0.25, 0.3) is 5.91 Å². The molecular weight excluding hydrogens is 366 g/mol. The third kappa shape index (κ3) is 7.72. The Kier molecular flexibility index (Phi) is 9.41. The van der Waals surface area contributed by atoms with Gasteiger partial charge in [0.2, 0.25) is 5.91 Å². The van der Waals surface area contributed by atoms with Gasteiger partial charge in [-0.15, -0.1) is 0 Å². The van der Waals surface area contributed by atoms with Crippen LogP contribution in [0, 0.1) is 6.92 Å².